The molecule has 19 heavy (non-hydrogen) atoms. The van der Waals surface area contributed by atoms with Gasteiger partial charge >= 0.3 is 0 Å². The molecule has 1 aliphatic rings. The van der Waals surface area contributed by atoms with Crippen molar-refractivity contribution in [2.75, 3.05) is 32.1 Å². The molecular formula is C13H18IN3O2. The van der Waals surface area contributed by atoms with Gasteiger partial charge in [0, 0.05) is 24.8 Å². The van der Waals surface area contributed by atoms with E-state index in [1.165, 1.54) is 0 Å². The standard InChI is InChI=1S/C13H18IN3O2/c1-15-7-5-10(6-8-15)16(2)11-3-4-13(17(18)19)12(14)9-11/h3-4,9-10H,5-8H2,1-2H3. The lowest BCUT2D eigenvalue weighted by molar-refractivity contribution is -0.385. The fraction of sp³-hybridized carbons (Fsp3) is 0.538. The summed E-state index contributed by atoms with van der Waals surface area (Å²) in [5, 5.41) is 10.8. The molecule has 0 unspecified atom stereocenters. The highest BCUT2D eigenvalue weighted by atomic mass is 127. The number of nitrogens with zero attached hydrogens (tertiary/aromatic N) is 3. The number of hydrogen-bond donors (Lipinski definition) is 0. The number of benzene rings is 1. The average molecular weight is 375 g/mol. The number of hydrogen-bond acceptors (Lipinski definition) is 4. The van der Waals surface area contributed by atoms with Gasteiger partial charge in [-0.05, 0) is 67.7 Å². The number of piperidine rings is 1. The van der Waals surface area contributed by atoms with Gasteiger partial charge < -0.3 is 9.80 Å². The van der Waals surface area contributed by atoms with Crippen LogP contribution >= 0.6 is 22.6 Å². The van der Waals surface area contributed by atoms with Gasteiger partial charge in [0.15, 0.2) is 0 Å². The van der Waals surface area contributed by atoms with Crippen LogP contribution in [0, 0.1) is 13.7 Å². The second kappa shape index (κ2) is 6.04. The zero-order valence-corrected chi connectivity index (χ0v) is 13.3. The molecule has 1 aliphatic heterocycles. The van der Waals surface area contributed by atoms with Crippen LogP contribution < -0.4 is 4.90 Å². The summed E-state index contributed by atoms with van der Waals surface area (Å²) in [6, 6.07) is 5.87. The lowest BCUT2D eigenvalue weighted by Gasteiger charge is -2.36. The van der Waals surface area contributed by atoms with Gasteiger partial charge in [-0.15, -0.1) is 0 Å². The summed E-state index contributed by atoms with van der Waals surface area (Å²) in [5.41, 5.74) is 1.24. The Labute approximate surface area is 126 Å². The Balaban J connectivity index is 2.13. The SMILES string of the molecule is CN1CCC(N(C)c2ccc([N+](=O)[O-])c(I)c2)CC1. The van der Waals surface area contributed by atoms with E-state index in [1.807, 2.05) is 34.7 Å². The number of anilines is 1. The highest BCUT2D eigenvalue weighted by Crippen LogP contribution is 2.28. The van der Waals surface area contributed by atoms with Crippen LogP contribution in [0.4, 0.5) is 11.4 Å². The molecule has 0 bridgehead atoms. The Morgan fingerprint density at radius 3 is 2.58 bits per heavy atom. The van der Waals surface area contributed by atoms with Crippen molar-refractivity contribution >= 4 is 34.0 Å². The Kier molecular flexibility index (Phi) is 4.62. The van der Waals surface area contributed by atoms with Crippen LogP contribution in [0.25, 0.3) is 0 Å². The van der Waals surface area contributed by atoms with Crippen molar-refractivity contribution in [3.05, 3.63) is 31.9 Å². The highest BCUT2D eigenvalue weighted by molar-refractivity contribution is 14.1. The van der Waals surface area contributed by atoms with Crippen molar-refractivity contribution in [3.8, 4) is 0 Å². The van der Waals surface area contributed by atoms with E-state index >= 15 is 0 Å². The fourth-order valence-electron chi connectivity index (χ4n) is 2.46. The van der Waals surface area contributed by atoms with Crippen LogP contribution in [0.5, 0.6) is 0 Å². The second-order valence-electron chi connectivity index (χ2n) is 5.04. The number of rotatable bonds is 3. The third-order valence-corrected chi connectivity index (χ3v) is 4.64. The summed E-state index contributed by atoms with van der Waals surface area (Å²) in [6.45, 7) is 2.22. The molecule has 0 saturated carbocycles. The molecule has 0 aliphatic carbocycles. The maximum absolute atomic E-state index is 10.8. The molecule has 0 N–H and O–H groups in total. The molecule has 1 heterocycles. The van der Waals surface area contributed by atoms with E-state index < -0.39 is 0 Å². The largest absolute Gasteiger partial charge is 0.371 e. The van der Waals surface area contributed by atoms with Crippen molar-refractivity contribution in [1.82, 2.24) is 4.90 Å². The van der Waals surface area contributed by atoms with E-state index in [9.17, 15) is 10.1 Å². The van der Waals surface area contributed by atoms with Gasteiger partial charge in [0.05, 0.1) is 8.49 Å². The minimum atomic E-state index is -0.332. The molecule has 0 atom stereocenters. The summed E-state index contributed by atoms with van der Waals surface area (Å²) in [5.74, 6) is 0. The van der Waals surface area contributed by atoms with Crippen LogP contribution in [0.1, 0.15) is 12.8 Å². The molecule has 1 fully saturated rings. The van der Waals surface area contributed by atoms with Gasteiger partial charge in [0.25, 0.3) is 5.69 Å². The van der Waals surface area contributed by atoms with Crippen LogP contribution in [0.3, 0.4) is 0 Å². The smallest absolute Gasteiger partial charge is 0.282 e. The van der Waals surface area contributed by atoms with Gasteiger partial charge in [-0.25, -0.2) is 0 Å². The minimum Gasteiger partial charge on any atom is -0.371 e. The third-order valence-electron chi connectivity index (χ3n) is 3.77. The first-order chi connectivity index (χ1) is 8.99. The minimum absolute atomic E-state index is 0.182. The average Bonchev–Trinajstić information content (AvgIpc) is 2.38. The lowest BCUT2D eigenvalue weighted by Crippen LogP contribution is -2.42. The molecular weight excluding hydrogens is 357 g/mol. The quantitative estimate of drug-likeness (QED) is 0.463. The van der Waals surface area contributed by atoms with E-state index in [0.717, 1.165) is 31.6 Å². The van der Waals surface area contributed by atoms with Crippen molar-refractivity contribution in [2.24, 2.45) is 0 Å². The molecule has 104 valence electrons. The molecule has 6 heteroatoms. The van der Waals surface area contributed by atoms with E-state index in [2.05, 4.69) is 23.9 Å². The summed E-state index contributed by atoms with van der Waals surface area (Å²) >= 11 is 2.03. The van der Waals surface area contributed by atoms with Crippen LogP contribution in [0.2, 0.25) is 0 Å². The molecule has 0 aromatic heterocycles. The Morgan fingerprint density at radius 1 is 1.42 bits per heavy atom. The molecule has 0 spiro atoms. The molecule has 0 amide bonds. The monoisotopic (exact) mass is 375 g/mol. The fourth-order valence-corrected chi connectivity index (χ4v) is 3.15. The summed E-state index contributed by atoms with van der Waals surface area (Å²) in [4.78, 5) is 15.1. The van der Waals surface area contributed by atoms with E-state index in [0.29, 0.717) is 9.61 Å². The lowest BCUT2D eigenvalue weighted by atomic mass is 10.0. The van der Waals surface area contributed by atoms with Crippen molar-refractivity contribution in [1.29, 1.82) is 0 Å². The number of nitro benzene ring substituents is 1. The second-order valence-corrected chi connectivity index (χ2v) is 6.20. The molecule has 1 saturated heterocycles. The normalized spacial score (nSPS) is 17.4. The molecule has 5 nitrogen and oxygen atoms in total. The maximum atomic E-state index is 10.8. The number of halogens is 1. The van der Waals surface area contributed by atoms with Gasteiger partial charge in [0.2, 0.25) is 0 Å². The van der Waals surface area contributed by atoms with Gasteiger partial charge in [-0.3, -0.25) is 10.1 Å². The van der Waals surface area contributed by atoms with E-state index in [1.54, 1.807) is 6.07 Å². The summed E-state index contributed by atoms with van der Waals surface area (Å²) < 4.78 is 0.694. The third kappa shape index (κ3) is 3.36. The first kappa shape index (κ1) is 14.5. The van der Waals surface area contributed by atoms with Gasteiger partial charge in [0.1, 0.15) is 0 Å². The summed E-state index contributed by atoms with van der Waals surface area (Å²) in [6.07, 6.45) is 2.28. The molecule has 1 aromatic rings. The number of nitro groups is 1. The van der Waals surface area contributed by atoms with Crippen molar-refractivity contribution in [3.63, 3.8) is 0 Å². The van der Waals surface area contributed by atoms with Crippen molar-refractivity contribution in [2.45, 2.75) is 18.9 Å². The van der Waals surface area contributed by atoms with E-state index in [4.69, 9.17) is 0 Å². The van der Waals surface area contributed by atoms with Gasteiger partial charge in [-0.2, -0.15) is 0 Å². The number of likely N-dealkylation sites (tertiary alicyclic amines) is 1. The Bertz CT molecular complexity index is 473. The zero-order chi connectivity index (χ0) is 14.0. The van der Waals surface area contributed by atoms with Crippen molar-refractivity contribution < 1.29 is 4.92 Å². The first-order valence-electron chi connectivity index (χ1n) is 6.34. The van der Waals surface area contributed by atoms with Crippen LogP contribution in [-0.2, 0) is 0 Å². The van der Waals surface area contributed by atoms with Gasteiger partial charge in [-0.1, -0.05) is 0 Å². The predicted octanol–water partition coefficient (Wildman–Crippen LogP) is 2.73. The maximum Gasteiger partial charge on any atom is 0.282 e. The molecule has 0 radical (unpaired) electrons. The first-order valence-corrected chi connectivity index (χ1v) is 7.42. The highest BCUT2D eigenvalue weighted by Gasteiger charge is 2.22. The molecule has 1 aromatic carbocycles. The van der Waals surface area contributed by atoms with E-state index in [-0.39, 0.29) is 10.6 Å². The molecule has 2 rings (SSSR count). The topological polar surface area (TPSA) is 49.6 Å². The zero-order valence-electron chi connectivity index (χ0n) is 11.2. The Morgan fingerprint density at radius 2 is 2.05 bits per heavy atom. The van der Waals surface area contributed by atoms with Crippen LogP contribution in [0.15, 0.2) is 18.2 Å². The Hall–Kier alpha value is -0.890. The van der Waals surface area contributed by atoms with Crippen LogP contribution in [-0.4, -0.2) is 43.0 Å². The predicted molar refractivity (Wildman–Crippen MR) is 84.7 cm³/mol. The summed E-state index contributed by atoms with van der Waals surface area (Å²) in [7, 11) is 4.22.